The highest BCUT2D eigenvalue weighted by Crippen LogP contribution is 2.30. The number of nitrogens with zero attached hydrogens (tertiary/aromatic N) is 3. The predicted octanol–water partition coefficient (Wildman–Crippen LogP) is 4.20. The number of nitrogens with one attached hydrogen (secondary N) is 1. The monoisotopic (exact) mass is 488 g/mol. The van der Waals surface area contributed by atoms with E-state index < -0.39 is 11.9 Å². The normalized spacial score (nSPS) is 10.8. The van der Waals surface area contributed by atoms with Crippen LogP contribution in [0.4, 0.5) is 5.69 Å². The number of methoxy groups -OCH3 is 2. The molecule has 0 unspecified atom stereocenters. The number of carbonyl (C=O) groups is 3. The van der Waals surface area contributed by atoms with Gasteiger partial charge in [0.25, 0.3) is 0 Å². The Balaban J connectivity index is 1.79. The molecule has 11 heteroatoms. The lowest BCUT2D eigenvalue weighted by atomic mass is 10.1. The summed E-state index contributed by atoms with van der Waals surface area (Å²) in [6.07, 6.45) is 0. The van der Waals surface area contributed by atoms with Crippen molar-refractivity contribution in [2.75, 3.05) is 25.3 Å². The molecule has 0 bridgehead atoms. The molecule has 1 N–H and O–H groups in total. The molecule has 0 aliphatic heterocycles. The van der Waals surface area contributed by atoms with Crippen molar-refractivity contribution in [3.63, 3.8) is 0 Å². The molecule has 0 aliphatic rings. The Morgan fingerprint density at radius 3 is 2.45 bits per heavy atom. The number of thiophene rings is 1. The van der Waals surface area contributed by atoms with E-state index in [2.05, 4.69) is 21.6 Å². The quantitative estimate of drug-likeness (QED) is 0.371. The fraction of sp³-hybridized carbons (Fsp3) is 0.318. The van der Waals surface area contributed by atoms with Gasteiger partial charge in [-0.3, -0.25) is 9.36 Å². The van der Waals surface area contributed by atoms with E-state index in [1.165, 1.54) is 49.1 Å². The Labute approximate surface area is 199 Å². The maximum absolute atomic E-state index is 12.7. The first-order chi connectivity index (χ1) is 15.7. The summed E-state index contributed by atoms with van der Waals surface area (Å²) in [4.78, 5) is 37.8. The summed E-state index contributed by atoms with van der Waals surface area (Å²) in [5, 5.41) is 13.9. The minimum absolute atomic E-state index is 0.0244. The third-order valence-electron chi connectivity index (χ3n) is 4.62. The lowest BCUT2D eigenvalue weighted by Crippen LogP contribution is -2.18. The maximum atomic E-state index is 12.7. The largest absolute Gasteiger partial charge is 0.465 e. The summed E-state index contributed by atoms with van der Waals surface area (Å²) < 4.78 is 11.5. The van der Waals surface area contributed by atoms with Gasteiger partial charge in [-0.2, -0.15) is 0 Å². The van der Waals surface area contributed by atoms with Gasteiger partial charge in [0.2, 0.25) is 5.91 Å². The third-order valence-corrected chi connectivity index (χ3v) is 6.43. The molecule has 3 rings (SSSR count). The second kappa shape index (κ2) is 10.6. The number of hydrogen-bond donors (Lipinski definition) is 1. The molecular weight excluding hydrogens is 464 g/mol. The van der Waals surface area contributed by atoms with Crippen LogP contribution in [-0.4, -0.2) is 52.6 Å². The summed E-state index contributed by atoms with van der Waals surface area (Å²) in [6, 6.07) is 6.36. The van der Waals surface area contributed by atoms with Gasteiger partial charge in [-0.15, -0.1) is 21.5 Å². The number of hydrogen-bond acceptors (Lipinski definition) is 9. The van der Waals surface area contributed by atoms with Gasteiger partial charge < -0.3 is 14.8 Å². The molecule has 0 atom stereocenters. The molecule has 3 aromatic rings. The van der Waals surface area contributed by atoms with E-state index in [0.29, 0.717) is 5.16 Å². The molecule has 0 saturated heterocycles. The van der Waals surface area contributed by atoms with Crippen molar-refractivity contribution in [1.29, 1.82) is 0 Å². The first-order valence-corrected chi connectivity index (χ1v) is 11.8. The van der Waals surface area contributed by atoms with E-state index in [1.54, 1.807) is 11.3 Å². The molecule has 33 heavy (non-hydrogen) atoms. The number of thioether (sulfide) groups is 1. The molecule has 0 aliphatic carbocycles. The van der Waals surface area contributed by atoms with E-state index in [9.17, 15) is 14.4 Å². The van der Waals surface area contributed by atoms with E-state index >= 15 is 0 Å². The SMILES string of the molecule is COC(=O)c1ccc(C(=O)OC)c(NC(=O)CSc2nnc(-c3csc(C)c3)n2C(C)C)c1. The van der Waals surface area contributed by atoms with Crippen molar-refractivity contribution in [2.24, 2.45) is 0 Å². The zero-order valence-corrected chi connectivity index (χ0v) is 20.5. The average molecular weight is 489 g/mol. The van der Waals surface area contributed by atoms with Gasteiger partial charge in [-0.1, -0.05) is 11.8 Å². The van der Waals surface area contributed by atoms with Crippen molar-refractivity contribution in [2.45, 2.75) is 32.0 Å². The number of carbonyl (C=O) groups excluding carboxylic acids is 3. The molecule has 174 valence electrons. The van der Waals surface area contributed by atoms with Gasteiger partial charge in [-0.05, 0) is 45.0 Å². The van der Waals surface area contributed by atoms with Crippen LogP contribution in [0, 0.1) is 6.92 Å². The fourth-order valence-corrected chi connectivity index (χ4v) is 4.64. The van der Waals surface area contributed by atoms with Crippen molar-refractivity contribution in [3.8, 4) is 11.4 Å². The molecule has 0 spiro atoms. The zero-order valence-electron chi connectivity index (χ0n) is 18.9. The van der Waals surface area contributed by atoms with Crippen LogP contribution in [-0.2, 0) is 14.3 Å². The lowest BCUT2D eigenvalue weighted by Gasteiger charge is -2.14. The Hall–Kier alpha value is -3.18. The van der Waals surface area contributed by atoms with E-state index in [-0.39, 0.29) is 34.5 Å². The summed E-state index contributed by atoms with van der Waals surface area (Å²) in [7, 11) is 2.49. The number of rotatable bonds is 8. The zero-order chi connectivity index (χ0) is 24.1. The van der Waals surface area contributed by atoms with Crippen LogP contribution in [0.15, 0.2) is 34.8 Å². The van der Waals surface area contributed by atoms with Crippen molar-refractivity contribution in [1.82, 2.24) is 14.8 Å². The minimum atomic E-state index is -0.635. The van der Waals surface area contributed by atoms with Gasteiger partial charge in [0.05, 0.1) is 36.8 Å². The van der Waals surface area contributed by atoms with Gasteiger partial charge in [0.1, 0.15) is 0 Å². The number of benzene rings is 1. The molecule has 9 nitrogen and oxygen atoms in total. The first-order valence-electron chi connectivity index (χ1n) is 9.98. The van der Waals surface area contributed by atoms with Gasteiger partial charge in [-0.25, -0.2) is 9.59 Å². The Morgan fingerprint density at radius 2 is 1.85 bits per heavy atom. The molecule has 1 amide bonds. The Morgan fingerprint density at radius 1 is 1.12 bits per heavy atom. The summed E-state index contributed by atoms with van der Waals surface area (Å²) >= 11 is 2.87. The third kappa shape index (κ3) is 5.60. The van der Waals surface area contributed by atoms with Crippen molar-refractivity contribution in [3.05, 3.63) is 45.6 Å². The lowest BCUT2D eigenvalue weighted by molar-refractivity contribution is -0.113. The van der Waals surface area contributed by atoms with Crippen LogP contribution in [0.25, 0.3) is 11.4 Å². The highest BCUT2D eigenvalue weighted by Gasteiger charge is 2.20. The van der Waals surface area contributed by atoms with Gasteiger partial charge >= 0.3 is 11.9 Å². The highest BCUT2D eigenvalue weighted by atomic mass is 32.2. The summed E-state index contributed by atoms with van der Waals surface area (Å²) in [5.74, 6) is -0.826. The number of anilines is 1. The average Bonchev–Trinajstić information content (AvgIpc) is 3.42. The smallest absolute Gasteiger partial charge is 0.339 e. The molecule has 0 radical (unpaired) electrons. The highest BCUT2D eigenvalue weighted by molar-refractivity contribution is 7.99. The van der Waals surface area contributed by atoms with E-state index in [4.69, 9.17) is 9.47 Å². The van der Waals surface area contributed by atoms with Crippen LogP contribution in [0.2, 0.25) is 0 Å². The predicted molar refractivity (Wildman–Crippen MR) is 127 cm³/mol. The summed E-state index contributed by atoms with van der Waals surface area (Å²) in [5.41, 5.74) is 1.47. The maximum Gasteiger partial charge on any atom is 0.339 e. The van der Waals surface area contributed by atoms with Crippen molar-refractivity contribution >= 4 is 46.6 Å². The van der Waals surface area contributed by atoms with Crippen LogP contribution in [0.1, 0.15) is 45.5 Å². The summed E-state index contributed by atoms with van der Waals surface area (Å²) in [6.45, 7) is 6.08. The van der Waals surface area contributed by atoms with Crippen LogP contribution < -0.4 is 5.32 Å². The molecule has 0 fully saturated rings. The van der Waals surface area contributed by atoms with Crippen LogP contribution in [0.5, 0.6) is 0 Å². The molecular formula is C22H24N4O5S2. The first kappa shape index (κ1) is 24.5. The minimum Gasteiger partial charge on any atom is -0.465 e. The second-order valence-electron chi connectivity index (χ2n) is 7.30. The van der Waals surface area contributed by atoms with E-state index in [1.807, 2.05) is 30.7 Å². The standard InChI is InChI=1S/C22H24N4O5S2/c1-12(2)26-19(15-8-13(3)32-10-15)24-25-22(26)33-11-18(27)23-17-9-14(20(28)30-4)6-7-16(17)21(29)31-5/h6-10,12H,11H2,1-5H3,(H,23,27). The number of aryl methyl sites for hydroxylation is 1. The molecule has 2 heterocycles. The number of ether oxygens (including phenoxy) is 2. The Kier molecular flexibility index (Phi) is 7.88. The number of aromatic nitrogens is 3. The molecule has 0 saturated carbocycles. The van der Waals surface area contributed by atoms with E-state index in [0.717, 1.165) is 11.4 Å². The topological polar surface area (TPSA) is 112 Å². The molecule has 2 aromatic heterocycles. The second-order valence-corrected chi connectivity index (χ2v) is 9.35. The Bertz CT molecular complexity index is 1190. The van der Waals surface area contributed by atoms with Crippen molar-refractivity contribution < 1.29 is 23.9 Å². The van der Waals surface area contributed by atoms with Gasteiger partial charge in [0.15, 0.2) is 11.0 Å². The van der Waals surface area contributed by atoms with Gasteiger partial charge in [0, 0.05) is 21.9 Å². The van der Waals surface area contributed by atoms with Crippen LogP contribution in [0.3, 0.4) is 0 Å². The number of amides is 1. The number of esters is 2. The van der Waals surface area contributed by atoms with Crippen LogP contribution >= 0.6 is 23.1 Å². The fourth-order valence-electron chi connectivity index (χ4n) is 3.10. The molecule has 1 aromatic carbocycles.